The summed E-state index contributed by atoms with van der Waals surface area (Å²) in [5.41, 5.74) is 2.61. The SMILES string of the molecule is CCCCc1ccc(NC(=O)CSc2nnc(NC(=O)c3ccc4ccccc4c3)s2)cc1. The Morgan fingerprint density at radius 3 is 2.52 bits per heavy atom. The third-order valence-corrected chi connectivity index (χ3v) is 6.99. The number of thioether (sulfide) groups is 1. The maximum Gasteiger partial charge on any atom is 0.257 e. The predicted molar refractivity (Wildman–Crippen MR) is 136 cm³/mol. The standard InChI is InChI=1S/C25H24N4O2S2/c1-2-3-6-17-9-13-21(14-10-17)26-22(30)16-32-25-29-28-24(33-25)27-23(31)20-12-11-18-7-4-5-8-19(18)15-20/h4-5,7-15H,2-3,6,16H2,1H3,(H,26,30)(H,27,28,31). The third-order valence-electron chi connectivity index (χ3n) is 5.02. The van der Waals surface area contributed by atoms with Gasteiger partial charge in [-0.15, -0.1) is 10.2 Å². The molecule has 0 bridgehead atoms. The molecule has 0 saturated carbocycles. The Morgan fingerprint density at radius 2 is 1.73 bits per heavy atom. The molecular formula is C25H24N4O2S2. The Kier molecular flexibility index (Phi) is 7.70. The van der Waals surface area contributed by atoms with Crippen molar-refractivity contribution in [1.82, 2.24) is 10.2 Å². The lowest BCUT2D eigenvalue weighted by atomic mass is 10.1. The fraction of sp³-hybridized carbons (Fsp3) is 0.200. The number of hydrogen-bond donors (Lipinski definition) is 2. The summed E-state index contributed by atoms with van der Waals surface area (Å²) in [5.74, 6) is -0.142. The Morgan fingerprint density at radius 1 is 0.939 bits per heavy atom. The first kappa shape index (κ1) is 22.9. The molecule has 4 aromatic rings. The zero-order valence-electron chi connectivity index (χ0n) is 18.2. The summed E-state index contributed by atoms with van der Waals surface area (Å²) >= 11 is 2.54. The molecular weight excluding hydrogens is 452 g/mol. The molecule has 1 heterocycles. The molecule has 0 aliphatic carbocycles. The first-order valence-corrected chi connectivity index (χ1v) is 12.6. The highest BCUT2D eigenvalue weighted by atomic mass is 32.2. The summed E-state index contributed by atoms with van der Waals surface area (Å²) in [5, 5.41) is 16.3. The molecule has 0 saturated heterocycles. The predicted octanol–water partition coefficient (Wildman–Crippen LogP) is 6.02. The van der Waals surface area contributed by atoms with Gasteiger partial charge < -0.3 is 5.32 Å². The van der Waals surface area contributed by atoms with E-state index >= 15 is 0 Å². The summed E-state index contributed by atoms with van der Waals surface area (Å²) in [6.07, 6.45) is 3.38. The van der Waals surface area contributed by atoms with Gasteiger partial charge >= 0.3 is 0 Å². The lowest BCUT2D eigenvalue weighted by molar-refractivity contribution is -0.113. The summed E-state index contributed by atoms with van der Waals surface area (Å²) in [7, 11) is 0. The third kappa shape index (κ3) is 6.40. The lowest BCUT2D eigenvalue weighted by Gasteiger charge is -2.06. The van der Waals surface area contributed by atoms with E-state index in [1.165, 1.54) is 28.7 Å². The van der Waals surface area contributed by atoms with Gasteiger partial charge in [0.15, 0.2) is 4.34 Å². The number of aryl methyl sites for hydroxylation is 1. The van der Waals surface area contributed by atoms with Gasteiger partial charge in [0.2, 0.25) is 11.0 Å². The van der Waals surface area contributed by atoms with Crippen LogP contribution in [0, 0.1) is 0 Å². The van der Waals surface area contributed by atoms with Gasteiger partial charge in [-0.05, 0) is 53.4 Å². The van der Waals surface area contributed by atoms with Crippen LogP contribution in [0.25, 0.3) is 10.8 Å². The van der Waals surface area contributed by atoms with Crippen LogP contribution in [0.2, 0.25) is 0 Å². The van der Waals surface area contributed by atoms with Gasteiger partial charge in [0.25, 0.3) is 5.91 Å². The summed E-state index contributed by atoms with van der Waals surface area (Å²) in [6, 6.07) is 21.4. The number of fused-ring (bicyclic) bond motifs is 1. The number of benzene rings is 3. The van der Waals surface area contributed by atoms with Gasteiger partial charge in [0, 0.05) is 11.3 Å². The van der Waals surface area contributed by atoms with E-state index in [0.717, 1.165) is 35.7 Å². The average Bonchev–Trinajstić information content (AvgIpc) is 3.29. The number of aromatic nitrogens is 2. The highest BCUT2D eigenvalue weighted by molar-refractivity contribution is 8.01. The Balaban J connectivity index is 1.27. The van der Waals surface area contributed by atoms with Crippen LogP contribution in [0.4, 0.5) is 10.8 Å². The van der Waals surface area contributed by atoms with Gasteiger partial charge in [0.1, 0.15) is 0 Å². The number of carbonyl (C=O) groups excluding carboxylic acids is 2. The molecule has 2 amide bonds. The van der Waals surface area contributed by atoms with E-state index in [4.69, 9.17) is 0 Å². The number of nitrogens with one attached hydrogen (secondary N) is 2. The Hall–Kier alpha value is -3.23. The summed E-state index contributed by atoms with van der Waals surface area (Å²) < 4.78 is 0.619. The Bertz CT molecular complexity index is 1250. The van der Waals surface area contributed by atoms with Gasteiger partial charge in [0.05, 0.1) is 5.75 Å². The van der Waals surface area contributed by atoms with Crippen LogP contribution >= 0.6 is 23.1 Å². The van der Waals surface area contributed by atoms with Gasteiger partial charge in [-0.2, -0.15) is 0 Å². The molecule has 33 heavy (non-hydrogen) atoms. The molecule has 0 fully saturated rings. The van der Waals surface area contributed by atoms with Crippen LogP contribution in [0.15, 0.2) is 71.1 Å². The van der Waals surface area contributed by atoms with E-state index in [-0.39, 0.29) is 17.6 Å². The van der Waals surface area contributed by atoms with E-state index in [2.05, 4.69) is 27.8 Å². The molecule has 0 spiro atoms. The van der Waals surface area contributed by atoms with Gasteiger partial charge in [-0.1, -0.05) is 78.9 Å². The summed E-state index contributed by atoms with van der Waals surface area (Å²) in [4.78, 5) is 24.8. The number of hydrogen-bond acceptors (Lipinski definition) is 6. The summed E-state index contributed by atoms with van der Waals surface area (Å²) in [6.45, 7) is 2.17. The fourth-order valence-electron chi connectivity index (χ4n) is 3.28. The van der Waals surface area contributed by atoms with E-state index < -0.39 is 0 Å². The number of carbonyl (C=O) groups is 2. The molecule has 6 nitrogen and oxygen atoms in total. The molecule has 0 atom stereocenters. The normalized spacial score (nSPS) is 10.8. The van der Waals surface area contributed by atoms with Crippen molar-refractivity contribution < 1.29 is 9.59 Å². The van der Waals surface area contributed by atoms with Crippen molar-refractivity contribution in [2.24, 2.45) is 0 Å². The molecule has 0 radical (unpaired) electrons. The van der Waals surface area contributed by atoms with Crippen LogP contribution in [-0.2, 0) is 11.2 Å². The van der Waals surface area contributed by atoms with Crippen molar-refractivity contribution in [2.75, 3.05) is 16.4 Å². The Labute approximate surface area is 200 Å². The van der Waals surface area contributed by atoms with Crippen molar-refractivity contribution in [3.05, 3.63) is 77.9 Å². The minimum Gasteiger partial charge on any atom is -0.325 e. The van der Waals surface area contributed by atoms with Crippen molar-refractivity contribution in [3.8, 4) is 0 Å². The van der Waals surface area contributed by atoms with Crippen molar-refractivity contribution in [1.29, 1.82) is 0 Å². The minimum absolute atomic E-state index is 0.113. The zero-order valence-corrected chi connectivity index (χ0v) is 19.8. The molecule has 3 aromatic carbocycles. The van der Waals surface area contributed by atoms with E-state index in [0.29, 0.717) is 15.0 Å². The number of amides is 2. The highest BCUT2D eigenvalue weighted by Gasteiger charge is 2.12. The zero-order chi connectivity index (χ0) is 23.0. The monoisotopic (exact) mass is 476 g/mol. The molecule has 0 aliphatic heterocycles. The second-order valence-electron chi connectivity index (χ2n) is 7.53. The van der Waals surface area contributed by atoms with Crippen molar-refractivity contribution >= 4 is 56.5 Å². The van der Waals surface area contributed by atoms with Crippen LogP contribution in [0.3, 0.4) is 0 Å². The molecule has 4 rings (SSSR count). The number of unbranched alkanes of at least 4 members (excludes halogenated alkanes) is 1. The second-order valence-corrected chi connectivity index (χ2v) is 9.73. The lowest BCUT2D eigenvalue weighted by Crippen LogP contribution is -2.13. The quantitative estimate of drug-likeness (QED) is 0.228. The second kappa shape index (κ2) is 11.1. The first-order valence-electron chi connectivity index (χ1n) is 10.8. The van der Waals surface area contributed by atoms with E-state index in [9.17, 15) is 9.59 Å². The largest absolute Gasteiger partial charge is 0.325 e. The maximum absolute atomic E-state index is 12.6. The molecule has 0 unspecified atom stereocenters. The van der Waals surface area contributed by atoms with Crippen LogP contribution in [0.1, 0.15) is 35.7 Å². The maximum atomic E-state index is 12.6. The van der Waals surface area contributed by atoms with Crippen molar-refractivity contribution in [2.45, 2.75) is 30.5 Å². The van der Waals surface area contributed by atoms with Gasteiger partial charge in [-0.3, -0.25) is 14.9 Å². The van der Waals surface area contributed by atoms with Crippen molar-refractivity contribution in [3.63, 3.8) is 0 Å². The topological polar surface area (TPSA) is 84.0 Å². The average molecular weight is 477 g/mol. The fourth-order valence-corrected chi connectivity index (χ4v) is 4.83. The molecule has 8 heteroatoms. The van der Waals surface area contributed by atoms with Crippen LogP contribution in [0.5, 0.6) is 0 Å². The molecule has 168 valence electrons. The number of anilines is 2. The number of nitrogens with zero attached hydrogens (tertiary/aromatic N) is 2. The molecule has 1 aromatic heterocycles. The minimum atomic E-state index is -0.242. The molecule has 2 N–H and O–H groups in total. The smallest absolute Gasteiger partial charge is 0.257 e. The first-order chi connectivity index (χ1) is 16.1. The van der Waals surface area contributed by atoms with Crippen LogP contribution in [-0.4, -0.2) is 27.8 Å². The number of rotatable bonds is 9. The van der Waals surface area contributed by atoms with E-state index in [1.54, 1.807) is 6.07 Å². The van der Waals surface area contributed by atoms with E-state index in [1.807, 2.05) is 60.7 Å². The highest BCUT2D eigenvalue weighted by Crippen LogP contribution is 2.26. The van der Waals surface area contributed by atoms with Crippen LogP contribution < -0.4 is 10.6 Å². The molecule has 0 aliphatic rings. The van der Waals surface area contributed by atoms with Gasteiger partial charge in [-0.25, -0.2) is 0 Å².